The molecule has 1 heterocycles. The van der Waals surface area contributed by atoms with Crippen molar-refractivity contribution in [1.29, 1.82) is 0 Å². The van der Waals surface area contributed by atoms with Crippen LogP contribution >= 0.6 is 24.8 Å². The highest BCUT2D eigenvalue weighted by Gasteiger charge is 2.09. The van der Waals surface area contributed by atoms with Crippen LogP contribution in [0.4, 0.5) is 0 Å². The molecular weight excluding hydrogens is 325 g/mol. The number of carbonyl (C=O) groups excluding carboxylic acids is 1. The Morgan fingerprint density at radius 2 is 1.73 bits per heavy atom. The monoisotopic (exact) mass is 343 g/mol. The molecule has 0 unspecified atom stereocenters. The van der Waals surface area contributed by atoms with Crippen molar-refractivity contribution in [3.05, 3.63) is 53.9 Å². The van der Waals surface area contributed by atoms with Crippen LogP contribution in [0.25, 0.3) is 5.69 Å². The molecule has 0 bridgehead atoms. The van der Waals surface area contributed by atoms with E-state index in [9.17, 15) is 4.79 Å². The molecule has 0 spiro atoms. The molecular formula is C14H19Cl2N5O. The predicted molar refractivity (Wildman–Crippen MR) is 93.2 cm³/mol. The van der Waals surface area contributed by atoms with Gasteiger partial charge in [-0.05, 0) is 48.9 Å². The third-order valence-electron chi connectivity index (χ3n) is 2.79. The number of halogens is 2. The lowest BCUT2D eigenvalue weighted by atomic mass is 10.1. The number of aliphatic imine (C=N–C) groups is 1. The minimum absolute atomic E-state index is 0. The average molecular weight is 344 g/mol. The number of aromatic nitrogens is 1. The number of nitrogens with two attached hydrogens (primary N) is 3. The van der Waals surface area contributed by atoms with Crippen molar-refractivity contribution < 1.29 is 4.79 Å². The summed E-state index contributed by atoms with van der Waals surface area (Å²) >= 11 is 0. The molecule has 2 rings (SSSR count). The van der Waals surface area contributed by atoms with Crippen molar-refractivity contribution in [2.45, 2.75) is 6.42 Å². The zero-order chi connectivity index (χ0) is 14.5. The van der Waals surface area contributed by atoms with Crippen LogP contribution < -0.4 is 17.2 Å². The molecule has 22 heavy (non-hydrogen) atoms. The van der Waals surface area contributed by atoms with Crippen molar-refractivity contribution in [3.63, 3.8) is 0 Å². The third kappa shape index (κ3) is 5.07. The van der Waals surface area contributed by atoms with Crippen LogP contribution in [-0.4, -0.2) is 23.0 Å². The van der Waals surface area contributed by atoms with Gasteiger partial charge in [-0.2, -0.15) is 4.99 Å². The van der Waals surface area contributed by atoms with E-state index in [2.05, 4.69) is 4.99 Å². The molecule has 0 aliphatic rings. The Bertz CT molecular complexity index is 637. The first-order valence-electron chi connectivity index (χ1n) is 6.21. The van der Waals surface area contributed by atoms with Crippen LogP contribution in [0.15, 0.2) is 47.7 Å². The highest BCUT2D eigenvalue weighted by atomic mass is 35.5. The normalized spacial score (nSPS) is 9.32. The van der Waals surface area contributed by atoms with Gasteiger partial charge in [-0.15, -0.1) is 24.8 Å². The standard InChI is InChI=1S/C14H17N5O.2ClH/c15-4-3-10-7-11(13(20)18-14(16)17)9-12(8-10)19-5-1-2-6-19;;/h1-2,5-9H,3-4,15H2,(H4,16,17,18,20);2*1H. The van der Waals surface area contributed by atoms with E-state index in [0.29, 0.717) is 18.5 Å². The molecule has 1 amide bonds. The molecule has 1 aromatic heterocycles. The Morgan fingerprint density at radius 3 is 2.27 bits per heavy atom. The number of hydrogen-bond donors (Lipinski definition) is 3. The molecule has 0 radical (unpaired) electrons. The van der Waals surface area contributed by atoms with Crippen LogP contribution in [0.2, 0.25) is 0 Å². The lowest BCUT2D eigenvalue weighted by Gasteiger charge is -2.09. The molecule has 1 aromatic carbocycles. The minimum Gasteiger partial charge on any atom is -0.370 e. The van der Waals surface area contributed by atoms with Gasteiger partial charge < -0.3 is 21.8 Å². The lowest BCUT2D eigenvalue weighted by Crippen LogP contribution is -2.24. The number of amides is 1. The summed E-state index contributed by atoms with van der Waals surface area (Å²) in [5.41, 5.74) is 18.3. The minimum atomic E-state index is -0.461. The van der Waals surface area contributed by atoms with Gasteiger partial charge in [-0.1, -0.05) is 0 Å². The van der Waals surface area contributed by atoms with E-state index >= 15 is 0 Å². The van der Waals surface area contributed by atoms with E-state index < -0.39 is 5.91 Å². The van der Waals surface area contributed by atoms with Crippen LogP contribution in [0.3, 0.4) is 0 Å². The molecule has 2 aromatic rings. The van der Waals surface area contributed by atoms with Crippen LogP contribution in [0.5, 0.6) is 0 Å². The van der Waals surface area contributed by atoms with Crippen molar-refractivity contribution in [2.24, 2.45) is 22.2 Å². The maximum Gasteiger partial charge on any atom is 0.280 e. The van der Waals surface area contributed by atoms with Crippen LogP contribution in [0, 0.1) is 0 Å². The Kier molecular flexibility index (Phi) is 8.26. The quantitative estimate of drug-likeness (QED) is 0.572. The summed E-state index contributed by atoms with van der Waals surface area (Å²) in [4.78, 5) is 15.5. The fourth-order valence-electron chi connectivity index (χ4n) is 1.95. The van der Waals surface area contributed by atoms with Crippen LogP contribution in [-0.2, 0) is 6.42 Å². The predicted octanol–water partition coefficient (Wildman–Crippen LogP) is 1.24. The summed E-state index contributed by atoms with van der Waals surface area (Å²) in [6, 6.07) is 9.31. The molecule has 0 fully saturated rings. The molecule has 0 atom stereocenters. The van der Waals surface area contributed by atoms with Crippen LogP contribution in [0.1, 0.15) is 15.9 Å². The number of carbonyl (C=O) groups is 1. The van der Waals surface area contributed by atoms with Crippen molar-refractivity contribution in [3.8, 4) is 5.69 Å². The smallest absolute Gasteiger partial charge is 0.280 e. The Hall–Kier alpha value is -2.02. The van der Waals surface area contributed by atoms with E-state index in [1.54, 1.807) is 12.1 Å². The summed E-state index contributed by atoms with van der Waals surface area (Å²) in [5, 5.41) is 0. The summed E-state index contributed by atoms with van der Waals surface area (Å²) in [5.74, 6) is -0.709. The number of hydrogen-bond acceptors (Lipinski definition) is 2. The molecule has 0 saturated heterocycles. The first-order chi connectivity index (χ1) is 9.60. The second-order valence-electron chi connectivity index (χ2n) is 4.36. The van der Waals surface area contributed by atoms with Gasteiger partial charge >= 0.3 is 0 Å². The maximum absolute atomic E-state index is 11.9. The van der Waals surface area contributed by atoms with Gasteiger partial charge in [0, 0.05) is 23.6 Å². The average Bonchev–Trinajstić information content (AvgIpc) is 2.92. The van der Waals surface area contributed by atoms with Gasteiger partial charge in [0.1, 0.15) is 0 Å². The van der Waals surface area contributed by atoms with E-state index in [1.165, 1.54) is 0 Å². The molecule has 8 heteroatoms. The first-order valence-corrected chi connectivity index (χ1v) is 6.21. The molecule has 0 aliphatic heterocycles. The van der Waals surface area contributed by atoms with Gasteiger partial charge in [0.15, 0.2) is 5.96 Å². The molecule has 6 nitrogen and oxygen atoms in total. The highest BCUT2D eigenvalue weighted by molar-refractivity contribution is 6.02. The fraction of sp³-hybridized carbons (Fsp3) is 0.143. The fourth-order valence-corrected chi connectivity index (χ4v) is 1.95. The van der Waals surface area contributed by atoms with Gasteiger partial charge in [0.05, 0.1) is 0 Å². The number of benzene rings is 1. The van der Waals surface area contributed by atoms with Crippen molar-refractivity contribution in [2.75, 3.05) is 6.54 Å². The highest BCUT2D eigenvalue weighted by Crippen LogP contribution is 2.16. The summed E-state index contributed by atoms with van der Waals surface area (Å²) < 4.78 is 1.91. The number of nitrogens with zero attached hydrogens (tertiary/aromatic N) is 2. The molecule has 0 saturated carbocycles. The number of guanidine groups is 1. The lowest BCUT2D eigenvalue weighted by molar-refractivity contribution is 0.100. The largest absolute Gasteiger partial charge is 0.370 e. The maximum atomic E-state index is 11.9. The second kappa shape index (κ2) is 9.09. The summed E-state index contributed by atoms with van der Waals surface area (Å²) in [6.45, 7) is 0.505. The zero-order valence-electron chi connectivity index (χ0n) is 11.8. The Morgan fingerprint density at radius 1 is 1.09 bits per heavy atom. The Labute approximate surface area is 141 Å². The van der Waals surface area contributed by atoms with E-state index in [0.717, 1.165) is 11.3 Å². The molecule has 6 N–H and O–H groups in total. The van der Waals surface area contributed by atoms with Gasteiger partial charge in [-0.3, -0.25) is 4.79 Å². The first kappa shape index (κ1) is 20.0. The molecule has 120 valence electrons. The van der Waals surface area contributed by atoms with E-state index in [4.69, 9.17) is 17.2 Å². The summed E-state index contributed by atoms with van der Waals surface area (Å²) in [6.07, 6.45) is 4.48. The van der Waals surface area contributed by atoms with E-state index in [1.807, 2.05) is 35.2 Å². The zero-order valence-corrected chi connectivity index (χ0v) is 13.4. The second-order valence-corrected chi connectivity index (χ2v) is 4.36. The van der Waals surface area contributed by atoms with Gasteiger partial charge in [0.25, 0.3) is 5.91 Å². The third-order valence-corrected chi connectivity index (χ3v) is 2.79. The van der Waals surface area contributed by atoms with E-state index in [-0.39, 0.29) is 30.8 Å². The van der Waals surface area contributed by atoms with Crippen molar-refractivity contribution in [1.82, 2.24) is 4.57 Å². The van der Waals surface area contributed by atoms with Gasteiger partial charge in [-0.25, -0.2) is 0 Å². The summed E-state index contributed by atoms with van der Waals surface area (Å²) in [7, 11) is 0. The van der Waals surface area contributed by atoms with Crippen molar-refractivity contribution >= 4 is 36.7 Å². The number of rotatable bonds is 4. The topological polar surface area (TPSA) is 112 Å². The van der Waals surface area contributed by atoms with Gasteiger partial charge in [0.2, 0.25) is 0 Å². The SMILES string of the molecule is Cl.Cl.NCCc1cc(C(=O)N=C(N)N)cc(-n2cccc2)c1. The molecule has 0 aliphatic carbocycles. The Balaban J connectivity index is 0.00000220.